The molecule has 1 heterocycles. The van der Waals surface area contributed by atoms with Gasteiger partial charge in [-0.3, -0.25) is 14.2 Å². The maximum absolute atomic E-state index is 13.2. The highest BCUT2D eigenvalue weighted by Gasteiger charge is 2.22. The minimum Gasteiger partial charge on any atom is -0.344 e. The number of nitrogens with zero attached hydrogens (tertiary/aromatic N) is 4. The van der Waals surface area contributed by atoms with Gasteiger partial charge in [0.2, 0.25) is 5.91 Å². The van der Waals surface area contributed by atoms with Gasteiger partial charge < -0.3 is 4.90 Å². The van der Waals surface area contributed by atoms with Gasteiger partial charge in [-0.1, -0.05) is 54.2 Å². The van der Waals surface area contributed by atoms with Gasteiger partial charge in [0.05, 0.1) is 35.2 Å². The number of benzene rings is 2. The summed E-state index contributed by atoms with van der Waals surface area (Å²) >= 11 is 1.27. The summed E-state index contributed by atoms with van der Waals surface area (Å²) in [5, 5.41) is 9.36. The Hall–Kier alpha value is -3.11. The van der Waals surface area contributed by atoms with Crippen molar-refractivity contribution in [3.63, 3.8) is 0 Å². The van der Waals surface area contributed by atoms with Gasteiger partial charge in [0.15, 0.2) is 5.16 Å². The maximum Gasteiger partial charge on any atom is 0.262 e. The molecule has 0 aliphatic heterocycles. The minimum atomic E-state index is -0.436. The van der Waals surface area contributed by atoms with Gasteiger partial charge in [0.1, 0.15) is 0 Å². The molecule has 3 aromatic rings. The molecule has 6 nitrogen and oxygen atoms in total. The predicted molar refractivity (Wildman–Crippen MR) is 115 cm³/mol. The Kier molecular flexibility index (Phi) is 6.68. The highest BCUT2D eigenvalue weighted by molar-refractivity contribution is 8.00. The summed E-state index contributed by atoms with van der Waals surface area (Å²) in [5.74, 6) is -0.0982. The number of nitriles is 1. The quantitative estimate of drug-likeness (QED) is 0.444. The maximum atomic E-state index is 13.2. The topological polar surface area (TPSA) is 79.0 Å². The fourth-order valence-corrected chi connectivity index (χ4v) is 4.01. The van der Waals surface area contributed by atoms with Gasteiger partial charge in [-0.2, -0.15) is 5.26 Å². The monoisotopic (exact) mass is 406 g/mol. The van der Waals surface area contributed by atoms with Gasteiger partial charge in [-0.15, -0.1) is 0 Å². The minimum absolute atomic E-state index is 0.0982. The molecule has 29 heavy (non-hydrogen) atoms. The number of hydrogen-bond acceptors (Lipinski definition) is 5. The molecule has 0 fully saturated rings. The first-order valence-electron chi connectivity index (χ1n) is 9.33. The first-order chi connectivity index (χ1) is 14.0. The first kappa shape index (κ1) is 20.6. The highest BCUT2D eigenvalue weighted by atomic mass is 32.2. The van der Waals surface area contributed by atoms with Crippen LogP contribution in [0.15, 0.2) is 64.5 Å². The summed E-state index contributed by atoms with van der Waals surface area (Å²) in [6, 6.07) is 19.0. The molecule has 148 valence electrons. The van der Waals surface area contributed by atoms with Crippen molar-refractivity contribution in [2.24, 2.45) is 0 Å². The molecule has 0 saturated carbocycles. The van der Waals surface area contributed by atoms with Crippen molar-refractivity contribution < 1.29 is 4.79 Å². The van der Waals surface area contributed by atoms with Crippen LogP contribution in [-0.2, 0) is 11.3 Å². The number of aromatic nitrogens is 2. The second-order valence-corrected chi connectivity index (χ2v) is 8.02. The Labute approximate surface area is 173 Å². The summed E-state index contributed by atoms with van der Waals surface area (Å²) in [5.41, 5.74) is 1.47. The van der Waals surface area contributed by atoms with Gasteiger partial charge in [0.25, 0.3) is 5.56 Å². The van der Waals surface area contributed by atoms with E-state index in [1.165, 1.54) is 11.8 Å². The summed E-state index contributed by atoms with van der Waals surface area (Å²) in [6.45, 7) is 2.55. The van der Waals surface area contributed by atoms with Crippen LogP contribution < -0.4 is 5.56 Å². The van der Waals surface area contributed by atoms with Crippen molar-refractivity contribution in [2.75, 3.05) is 13.6 Å². The molecule has 0 saturated heterocycles. The number of carbonyl (C=O) groups is 1. The average molecular weight is 407 g/mol. The number of para-hydroxylation sites is 1. The fraction of sp³-hybridized carbons (Fsp3) is 0.273. The van der Waals surface area contributed by atoms with E-state index in [1.54, 1.807) is 35.6 Å². The highest BCUT2D eigenvalue weighted by Crippen LogP contribution is 2.24. The predicted octanol–water partition coefficient (Wildman–Crippen LogP) is 3.30. The molecule has 0 radical (unpaired) electrons. The summed E-state index contributed by atoms with van der Waals surface area (Å²) in [7, 11) is 1.68. The third-order valence-corrected chi connectivity index (χ3v) is 5.65. The van der Waals surface area contributed by atoms with Gasteiger partial charge >= 0.3 is 0 Å². The van der Waals surface area contributed by atoms with Crippen LogP contribution in [0.5, 0.6) is 0 Å². The van der Waals surface area contributed by atoms with E-state index in [9.17, 15) is 9.59 Å². The Bertz CT molecular complexity index is 1110. The Morgan fingerprint density at radius 2 is 1.90 bits per heavy atom. The van der Waals surface area contributed by atoms with E-state index in [0.717, 1.165) is 5.56 Å². The molecule has 0 spiro atoms. The number of fused-ring (bicyclic) bond motifs is 1. The molecule has 7 heteroatoms. The third kappa shape index (κ3) is 4.84. The lowest BCUT2D eigenvalue weighted by atomic mass is 10.2. The lowest BCUT2D eigenvalue weighted by Crippen LogP contribution is -2.34. The number of amides is 1. The van der Waals surface area contributed by atoms with E-state index in [4.69, 9.17) is 5.26 Å². The van der Waals surface area contributed by atoms with Crippen LogP contribution in [-0.4, -0.2) is 39.2 Å². The Morgan fingerprint density at radius 3 is 2.62 bits per heavy atom. The Morgan fingerprint density at radius 1 is 1.21 bits per heavy atom. The van der Waals surface area contributed by atoms with Crippen molar-refractivity contribution in [1.29, 1.82) is 5.26 Å². The van der Waals surface area contributed by atoms with Crippen LogP contribution in [0.2, 0.25) is 0 Å². The first-order valence-corrected chi connectivity index (χ1v) is 10.2. The van der Waals surface area contributed by atoms with Crippen LogP contribution in [0.1, 0.15) is 18.9 Å². The molecular weight excluding hydrogens is 384 g/mol. The molecule has 1 atom stereocenters. The zero-order valence-electron chi connectivity index (χ0n) is 16.4. The fourth-order valence-electron chi connectivity index (χ4n) is 2.99. The molecule has 0 aliphatic rings. The van der Waals surface area contributed by atoms with Crippen LogP contribution >= 0.6 is 11.8 Å². The van der Waals surface area contributed by atoms with E-state index >= 15 is 0 Å². The zero-order chi connectivity index (χ0) is 20.8. The van der Waals surface area contributed by atoms with Crippen molar-refractivity contribution in [2.45, 2.75) is 30.3 Å². The molecule has 1 amide bonds. The molecule has 3 rings (SSSR count). The summed E-state index contributed by atoms with van der Waals surface area (Å²) < 4.78 is 1.63. The molecule has 2 aromatic carbocycles. The Balaban J connectivity index is 1.97. The van der Waals surface area contributed by atoms with Crippen molar-refractivity contribution in [3.05, 3.63) is 70.5 Å². The zero-order valence-corrected chi connectivity index (χ0v) is 17.2. The average Bonchev–Trinajstić information content (AvgIpc) is 2.74. The van der Waals surface area contributed by atoms with E-state index in [-0.39, 0.29) is 17.9 Å². The summed E-state index contributed by atoms with van der Waals surface area (Å²) in [4.78, 5) is 32.0. The van der Waals surface area contributed by atoms with Crippen molar-refractivity contribution in [3.8, 4) is 6.07 Å². The van der Waals surface area contributed by atoms with E-state index in [0.29, 0.717) is 29.1 Å². The number of hydrogen-bond donors (Lipinski definition) is 0. The van der Waals surface area contributed by atoms with Crippen molar-refractivity contribution in [1.82, 2.24) is 14.5 Å². The van der Waals surface area contributed by atoms with Crippen LogP contribution in [0, 0.1) is 11.3 Å². The number of carbonyl (C=O) groups excluding carboxylic acids is 1. The normalized spacial score (nSPS) is 11.8. The molecule has 0 bridgehead atoms. The largest absolute Gasteiger partial charge is 0.344 e. The van der Waals surface area contributed by atoms with E-state index in [2.05, 4.69) is 4.98 Å². The second-order valence-electron chi connectivity index (χ2n) is 6.72. The van der Waals surface area contributed by atoms with Crippen LogP contribution in [0.3, 0.4) is 0 Å². The third-order valence-electron chi connectivity index (χ3n) is 4.58. The van der Waals surface area contributed by atoms with Crippen LogP contribution in [0.4, 0.5) is 0 Å². The molecular formula is C22H22N4O2S. The number of rotatable bonds is 7. The van der Waals surface area contributed by atoms with Gasteiger partial charge in [-0.05, 0) is 24.6 Å². The molecule has 0 aliphatic carbocycles. The van der Waals surface area contributed by atoms with Crippen LogP contribution in [0.25, 0.3) is 10.9 Å². The lowest BCUT2D eigenvalue weighted by molar-refractivity contribution is -0.128. The lowest BCUT2D eigenvalue weighted by Gasteiger charge is -2.21. The molecule has 0 N–H and O–H groups in total. The molecule has 0 unspecified atom stereocenters. The summed E-state index contributed by atoms with van der Waals surface area (Å²) in [6.07, 6.45) is 0.284. The van der Waals surface area contributed by atoms with Gasteiger partial charge in [-0.25, -0.2) is 4.98 Å². The smallest absolute Gasteiger partial charge is 0.262 e. The van der Waals surface area contributed by atoms with Crippen molar-refractivity contribution >= 4 is 28.6 Å². The molecule has 1 aromatic heterocycles. The van der Waals surface area contributed by atoms with E-state index < -0.39 is 5.25 Å². The second kappa shape index (κ2) is 9.39. The number of thioether (sulfide) groups is 1. The van der Waals surface area contributed by atoms with E-state index in [1.807, 2.05) is 48.5 Å². The SMILES string of the molecule is C[C@H](Sc1nc2ccccc2c(=O)n1Cc1ccccc1)C(=O)N(C)CCC#N. The standard InChI is InChI=1S/C22H22N4O2S/c1-16(20(27)25(2)14-8-13-23)29-22-24-19-12-7-6-11-18(19)21(28)26(22)15-17-9-4-3-5-10-17/h3-7,9-12,16H,8,14-15H2,1-2H3/t16-/m0/s1. The van der Waals surface area contributed by atoms with Gasteiger partial charge in [0, 0.05) is 13.6 Å².